The second-order valence-corrected chi connectivity index (χ2v) is 6.20. The van der Waals surface area contributed by atoms with Gasteiger partial charge in [0.2, 0.25) is 0 Å². The minimum atomic E-state index is -4.56. The molecule has 0 radical (unpaired) electrons. The number of rotatable bonds is 5. The van der Waals surface area contributed by atoms with Crippen molar-refractivity contribution in [1.82, 2.24) is 0 Å². The number of carbonyl (C=O) groups excluding carboxylic acids is 1. The van der Waals surface area contributed by atoms with Crippen molar-refractivity contribution in [3.05, 3.63) is 57.6 Å². The number of hydrogen-bond acceptors (Lipinski definition) is 3. The molecule has 8 heteroatoms. The summed E-state index contributed by atoms with van der Waals surface area (Å²) in [7, 11) is 1.20. The fourth-order valence-corrected chi connectivity index (χ4v) is 2.81. The van der Waals surface area contributed by atoms with Gasteiger partial charge in [0.25, 0.3) is 0 Å². The molecule has 2 rings (SSSR count). The van der Waals surface area contributed by atoms with Crippen LogP contribution in [0.3, 0.4) is 0 Å². The Bertz CT molecular complexity index is 838. The van der Waals surface area contributed by atoms with Gasteiger partial charge in [0.15, 0.2) is 0 Å². The molecule has 146 valence electrons. The maximum atomic E-state index is 13.4. The number of hydrogen-bond donors (Lipinski definition) is 1. The van der Waals surface area contributed by atoms with Gasteiger partial charge in [0, 0.05) is 10.6 Å². The van der Waals surface area contributed by atoms with E-state index in [0.717, 1.165) is 6.07 Å². The minimum Gasteiger partial charge on any atom is -0.488 e. The van der Waals surface area contributed by atoms with Crippen LogP contribution in [-0.2, 0) is 23.9 Å². The van der Waals surface area contributed by atoms with Crippen LogP contribution in [0.1, 0.15) is 29.2 Å². The first kappa shape index (κ1) is 20.9. The molecule has 4 nitrogen and oxygen atoms in total. The second-order valence-electron chi connectivity index (χ2n) is 5.80. The van der Waals surface area contributed by atoms with Crippen molar-refractivity contribution < 1.29 is 27.4 Å². The van der Waals surface area contributed by atoms with Crippen molar-refractivity contribution in [2.45, 2.75) is 33.1 Å². The molecule has 1 amide bonds. The average molecular weight is 402 g/mol. The number of benzene rings is 2. The van der Waals surface area contributed by atoms with Gasteiger partial charge in [0.1, 0.15) is 12.4 Å². The second kappa shape index (κ2) is 8.52. The van der Waals surface area contributed by atoms with E-state index in [1.807, 2.05) is 0 Å². The Morgan fingerprint density at radius 2 is 1.96 bits per heavy atom. The van der Waals surface area contributed by atoms with Gasteiger partial charge in [-0.05, 0) is 48.7 Å². The van der Waals surface area contributed by atoms with Crippen molar-refractivity contribution in [2.24, 2.45) is 0 Å². The lowest BCUT2D eigenvalue weighted by molar-refractivity contribution is -0.139. The molecule has 0 heterocycles. The van der Waals surface area contributed by atoms with Gasteiger partial charge in [-0.25, -0.2) is 4.79 Å². The molecule has 0 fully saturated rings. The zero-order valence-electron chi connectivity index (χ0n) is 15.0. The highest BCUT2D eigenvalue weighted by atomic mass is 35.5. The average Bonchev–Trinajstić information content (AvgIpc) is 2.60. The lowest BCUT2D eigenvalue weighted by atomic mass is 10.0. The number of anilines is 1. The molecule has 0 unspecified atom stereocenters. The van der Waals surface area contributed by atoms with Crippen molar-refractivity contribution in [3.63, 3.8) is 0 Å². The first-order valence-corrected chi connectivity index (χ1v) is 8.51. The third-order valence-electron chi connectivity index (χ3n) is 4.04. The molecular formula is C19H19ClF3NO3. The summed E-state index contributed by atoms with van der Waals surface area (Å²) in [6.07, 6.45) is -4.80. The Hall–Kier alpha value is -2.41. The van der Waals surface area contributed by atoms with E-state index in [1.165, 1.54) is 13.2 Å². The van der Waals surface area contributed by atoms with Crippen molar-refractivity contribution >= 4 is 23.4 Å². The van der Waals surface area contributed by atoms with E-state index in [2.05, 4.69) is 10.1 Å². The molecule has 0 aliphatic rings. The number of ether oxygens (including phenoxy) is 2. The maximum Gasteiger partial charge on any atom is 0.419 e. The molecule has 27 heavy (non-hydrogen) atoms. The molecule has 0 spiro atoms. The smallest absolute Gasteiger partial charge is 0.419 e. The number of methoxy groups -OCH3 is 1. The molecule has 0 aliphatic carbocycles. The highest BCUT2D eigenvalue weighted by molar-refractivity contribution is 6.31. The standard InChI is InChI=1S/C19H19ClF3NO3/c1-4-12-9-14(19(21,22)23)17(8-11(12)2)27-10-13-15(20)6-5-7-16(13)24-18(25)26-3/h5-9H,4,10H2,1-3H3,(H,24,25). The molecule has 2 aromatic carbocycles. The molecule has 0 aromatic heterocycles. The first-order chi connectivity index (χ1) is 12.7. The Labute approximate surface area is 160 Å². The van der Waals surface area contributed by atoms with E-state index in [9.17, 15) is 18.0 Å². The fraction of sp³-hybridized carbons (Fsp3) is 0.316. The highest BCUT2D eigenvalue weighted by Gasteiger charge is 2.35. The number of carbonyl (C=O) groups is 1. The quantitative estimate of drug-likeness (QED) is 0.669. The highest BCUT2D eigenvalue weighted by Crippen LogP contribution is 2.39. The summed E-state index contributed by atoms with van der Waals surface area (Å²) in [5.74, 6) is -0.291. The third-order valence-corrected chi connectivity index (χ3v) is 4.39. The van der Waals surface area contributed by atoms with Crippen LogP contribution < -0.4 is 10.1 Å². The summed E-state index contributed by atoms with van der Waals surface area (Å²) in [5, 5.41) is 2.71. The van der Waals surface area contributed by atoms with E-state index >= 15 is 0 Å². The molecule has 0 saturated heterocycles. The Balaban J connectivity index is 2.37. The number of alkyl halides is 3. The Morgan fingerprint density at radius 3 is 2.56 bits per heavy atom. The summed E-state index contributed by atoms with van der Waals surface area (Å²) >= 11 is 6.14. The predicted molar refractivity (Wildman–Crippen MR) is 97.4 cm³/mol. The molecule has 0 saturated carbocycles. The van der Waals surface area contributed by atoms with E-state index in [1.54, 1.807) is 32.0 Å². The van der Waals surface area contributed by atoms with E-state index in [4.69, 9.17) is 16.3 Å². The Morgan fingerprint density at radius 1 is 1.26 bits per heavy atom. The first-order valence-electron chi connectivity index (χ1n) is 8.13. The molecule has 0 atom stereocenters. The monoisotopic (exact) mass is 401 g/mol. The fourth-order valence-electron chi connectivity index (χ4n) is 2.58. The van der Waals surface area contributed by atoms with Crippen molar-refractivity contribution in [2.75, 3.05) is 12.4 Å². The van der Waals surface area contributed by atoms with Gasteiger partial charge in [-0.1, -0.05) is 24.6 Å². The van der Waals surface area contributed by atoms with E-state index < -0.39 is 17.8 Å². The van der Waals surface area contributed by atoms with Crippen LogP contribution in [0, 0.1) is 6.92 Å². The van der Waals surface area contributed by atoms with E-state index in [-0.39, 0.29) is 17.4 Å². The van der Waals surface area contributed by atoms with Crippen molar-refractivity contribution in [3.8, 4) is 5.75 Å². The van der Waals surface area contributed by atoms with Gasteiger partial charge in [-0.3, -0.25) is 5.32 Å². The van der Waals surface area contributed by atoms with Crippen LogP contribution in [-0.4, -0.2) is 13.2 Å². The lowest BCUT2D eigenvalue weighted by Crippen LogP contribution is -2.14. The van der Waals surface area contributed by atoms with Crippen LogP contribution in [0.15, 0.2) is 30.3 Å². The molecule has 0 aliphatic heterocycles. The van der Waals surface area contributed by atoms with Crippen LogP contribution in [0.5, 0.6) is 5.75 Å². The van der Waals surface area contributed by atoms with Gasteiger partial charge >= 0.3 is 12.3 Å². The number of amides is 1. The third kappa shape index (κ3) is 5.07. The SMILES string of the molecule is CCc1cc(C(F)(F)F)c(OCc2c(Cl)cccc2NC(=O)OC)cc1C. The minimum absolute atomic E-state index is 0.249. The van der Waals surface area contributed by atoms with Gasteiger partial charge in [-0.2, -0.15) is 13.2 Å². The summed E-state index contributed by atoms with van der Waals surface area (Å²) in [6, 6.07) is 7.17. The van der Waals surface area contributed by atoms with Crippen LogP contribution in [0.4, 0.5) is 23.7 Å². The number of halogens is 4. The van der Waals surface area contributed by atoms with Gasteiger partial charge in [-0.15, -0.1) is 0 Å². The van der Waals surface area contributed by atoms with Crippen LogP contribution >= 0.6 is 11.6 Å². The number of nitrogens with one attached hydrogen (secondary N) is 1. The molecular weight excluding hydrogens is 383 g/mol. The van der Waals surface area contributed by atoms with Gasteiger partial charge < -0.3 is 9.47 Å². The maximum absolute atomic E-state index is 13.4. The van der Waals surface area contributed by atoms with Crippen LogP contribution in [0.2, 0.25) is 5.02 Å². The van der Waals surface area contributed by atoms with Gasteiger partial charge in [0.05, 0.1) is 18.4 Å². The van der Waals surface area contributed by atoms with Crippen LogP contribution in [0.25, 0.3) is 0 Å². The topological polar surface area (TPSA) is 47.6 Å². The van der Waals surface area contributed by atoms with Crippen molar-refractivity contribution in [1.29, 1.82) is 0 Å². The molecule has 1 N–H and O–H groups in total. The molecule has 0 bridgehead atoms. The Kier molecular flexibility index (Phi) is 6.59. The normalized spacial score (nSPS) is 11.2. The number of aryl methyl sites for hydroxylation is 2. The zero-order valence-corrected chi connectivity index (χ0v) is 15.8. The van der Waals surface area contributed by atoms with E-state index in [0.29, 0.717) is 28.8 Å². The summed E-state index contributed by atoms with van der Waals surface area (Å²) in [5.41, 5.74) is 1.09. The summed E-state index contributed by atoms with van der Waals surface area (Å²) < 4.78 is 50.3. The zero-order chi connectivity index (χ0) is 20.2. The predicted octanol–water partition coefficient (Wildman–Crippen LogP) is 5.99. The summed E-state index contributed by atoms with van der Waals surface area (Å²) in [6.45, 7) is 3.26. The lowest BCUT2D eigenvalue weighted by Gasteiger charge is -2.18. The summed E-state index contributed by atoms with van der Waals surface area (Å²) in [4.78, 5) is 11.5. The largest absolute Gasteiger partial charge is 0.488 e. The molecule has 2 aromatic rings.